The van der Waals surface area contributed by atoms with Gasteiger partial charge >= 0.3 is 0 Å². The Kier molecular flexibility index (Phi) is 3.86. The summed E-state index contributed by atoms with van der Waals surface area (Å²) in [6, 6.07) is 11.6. The zero-order chi connectivity index (χ0) is 14.7. The van der Waals surface area contributed by atoms with E-state index in [0.29, 0.717) is 25.5 Å². The molecule has 4 heteroatoms. The van der Waals surface area contributed by atoms with Gasteiger partial charge in [-0.3, -0.25) is 0 Å². The summed E-state index contributed by atoms with van der Waals surface area (Å²) in [5, 5.41) is 13.3. The Labute approximate surface area is 124 Å². The Morgan fingerprint density at radius 3 is 2.76 bits per heavy atom. The zero-order valence-corrected chi connectivity index (χ0v) is 12.1. The zero-order valence-electron chi connectivity index (χ0n) is 12.1. The number of ether oxygens (including phenoxy) is 2. The van der Waals surface area contributed by atoms with Crippen LogP contribution in [0.15, 0.2) is 36.4 Å². The van der Waals surface area contributed by atoms with Crippen LogP contribution < -0.4 is 14.8 Å². The molecule has 0 saturated heterocycles. The van der Waals surface area contributed by atoms with Crippen molar-refractivity contribution in [2.75, 3.05) is 18.5 Å². The molecule has 0 bridgehead atoms. The van der Waals surface area contributed by atoms with Crippen LogP contribution in [0.4, 0.5) is 5.69 Å². The Hall–Kier alpha value is -2.36. The van der Waals surface area contributed by atoms with Crippen molar-refractivity contribution < 1.29 is 14.6 Å². The minimum atomic E-state index is 0.347. The highest BCUT2D eigenvalue weighted by Gasteiger charge is 2.11. The van der Waals surface area contributed by atoms with E-state index < -0.39 is 0 Å². The highest BCUT2D eigenvalue weighted by Crippen LogP contribution is 2.32. The highest BCUT2D eigenvalue weighted by molar-refractivity contribution is 5.55. The lowest BCUT2D eigenvalue weighted by Gasteiger charge is -2.12. The Morgan fingerprint density at radius 1 is 1.10 bits per heavy atom. The second-order valence-corrected chi connectivity index (χ2v) is 5.15. The van der Waals surface area contributed by atoms with Gasteiger partial charge in [-0.15, -0.1) is 0 Å². The third kappa shape index (κ3) is 3.05. The van der Waals surface area contributed by atoms with Crippen molar-refractivity contribution in [3.8, 4) is 17.2 Å². The van der Waals surface area contributed by atoms with Crippen molar-refractivity contribution in [2.45, 2.75) is 19.9 Å². The van der Waals surface area contributed by atoms with Crippen molar-refractivity contribution in [3.05, 3.63) is 47.5 Å². The molecule has 0 radical (unpaired) electrons. The first-order valence-electron chi connectivity index (χ1n) is 7.15. The SMILES string of the molecule is Cc1cccc(CNc2ccc3c(c2)OCCCO3)c1O. The van der Waals surface area contributed by atoms with Gasteiger partial charge in [-0.25, -0.2) is 0 Å². The Bertz CT molecular complexity index is 640. The number of hydrogen-bond donors (Lipinski definition) is 2. The molecule has 2 aromatic rings. The fourth-order valence-electron chi connectivity index (χ4n) is 2.33. The van der Waals surface area contributed by atoms with Gasteiger partial charge in [0.25, 0.3) is 0 Å². The van der Waals surface area contributed by atoms with Crippen LogP contribution in [-0.2, 0) is 6.54 Å². The monoisotopic (exact) mass is 285 g/mol. The van der Waals surface area contributed by atoms with Gasteiger partial charge in [0.15, 0.2) is 11.5 Å². The van der Waals surface area contributed by atoms with E-state index in [0.717, 1.165) is 34.7 Å². The van der Waals surface area contributed by atoms with Crippen LogP contribution in [0.25, 0.3) is 0 Å². The van der Waals surface area contributed by atoms with Gasteiger partial charge in [-0.1, -0.05) is 18.2 Å². The largest absolute Gasteiger partial charge is 0.507 e. The molecule has 0 aromatic heterocycles. The molecule has 0 amide bonds. The normalized spacial score (nSPS) is 13.6. The van der Waals surface area contributed by atoms with Crippen molar-refractivity contribution in [3.63, 3.8) is 0 Å². The van der Waals surface area contributed by atoms with Gasteiger partial charge in [0.05, 0.1) is 13.2 Å². The average molecular weight is 285 g/mol. The van der Waals surface area contributed by atoms with Crippen LogP contribution >= 0.6 is 0 Å². The summed E-state index contributed by atoms with van der Waals surface area (Å²) in [5.41, 5.74) is 2.70. The van der Waals surface area contributed by atoms with Gasteiger partial charge in [-0.05, 0) is 24.6 Å². The van der Waals surface area contributed by atoms with Crippen molar-refractivity contribution >= 4 is 5.69 Å². The quantitative estimate of drug-likeness (QED) is 0.906. The van der Waals surface area contributed by atoms with E-state index in [9.17, 15) is 5.11 Å². The van der Waals surface area contributed by atoms with Crippen molar-refractivity contribution in [1.29, 1.82) is 0 Å². The van der Waals surface area contributed by atoms with Crippen LogP contribution in [0, 0.1) is 6.92 Å². The number of para-hydroxylation sites is 1. The van der Waals surface area contributed by atoms with E-state index in [1.165, 1.54) is 0 Å². The second-order valence-electron chi connectivity index (χ2n) is 5.15. The predicted octanol–water partition coefficient (Wildman–Crippen LogP) is 3.47. The summed E-state index contributed by atoms with van der Waals surface area (Å²) in [4.78, 5) is 0. The summed E-state index contributed by atoms with van der Waals surface area (Å²) >= 11 is 0. The fraction of sp³-hybridized carbons (Fsp3) is 0.294. The first kappa shape index (κ1) is 13.6. The predicted molar refractivity (Wildman–Crippen MR) is 82.2 cm³/mol. The standard InChI is InChI=1S/C17H19NO3/c1-12-4-2-5-13(17(12)19)11-18-14-6-7-15-16(10-14)21-9-3-8-20-15/h2,4-7,10,18-19H,3,8-9,11H2,1H3. The number of aromatic hydroxyl groups is 1. The summed E-state index contributed by atoms with van der Waals surface area (Å²) in [6.07, 6.45) is 0.897. The van der Waals surface area contributed by atoms with Gasteiger partial charge in [0.2, 0.25) is 0 Å². The van der Waals surface area contributed by atoms with Crippen LogP contribution in [0.1, 0.15) is 17.5 Å². The molecule has 21 heavy (non-hydrogen) atoms. The molecule has 1 heterocycles. The lowest BCUT2D eigenvalue weighted by molar-refractivity contribution is 0.297. The molecule has 1 aliphatic heterocycles. The fourth-order valence-corrected chi connectivity index (χ4v) is 2.33. The lowest BCUT2D eigenvalue weighted by atomic mass is 10.1. The molecule has 0 unspecified atom stereocenters. The molecule has 4 nitrogen and oxygen atoms in total. The number of phenolic OH excluding ortho intramolecular Hbond substituents is 1. The minimum absolute atomic E-state index is 0.347. The Balaban J connectivity index is 1.73. The number of phenols is 1. The van der Waals surface area contributed by atoms with Gasteiger partial charge in [-0.2, -0.15) is 0 Å². The van der Waals surface area contributed by atoms with Gasteiger partial charge < -0.3 is 19.9 Å². The third-order valence-corrected chi connectivity index (χ3v) is 3.55. The van der Waals surface area contributed by atoms with Gasteiger partial charge in [0.1, 0.15) is 5.75 Å². The van der Waals surface area contributed by atoms with E-state index >= 15 is 0 Å². The molecular weight excluding hydrogens is 266 g/mol. The molecule has 0 aliphatic carbocycles. The molecule has 2 aromatic carbocycles. The van der Waals surface area contributed by atoms with E-state index in [1.807, 2.05) is 43.3 Å². The van der Waals surface area contributed by atoms with Crippen molar-refractivity contribution in [1.82, 2.24) is 0 Å². The first-order chi connectivity index (χ1) is 10.2. The summed E-state index contributed by atoms with van der Waals surface area (Å²) in [6.45, 7) is 3.83. The van der Waals surface area contributed by atoms with E-state index in [1.54, 1.807) is 0 Å². The molecule has 110 valence electrons. The summed E-state index contributed by atoms with van der Waals surface area (Å²) in [5.74, 6) is 1.90. The molecular formula is C17H19NO3. The highest BCUT2D eigenvalue weighted by atomic mass is 16.5. The number of aryl methyl sites for hydroxylation is 1. The third-order valence-electron chi connectivity index (χ3n) is 3.55. The number of benzene rings is 2. The molecule has 3 rings (SSSR count). The molecule has 0 spiro atoms. The number of rotatable bonds is 3. The molecule has 0 atom stereocenters. The number of nitrogens with one attached hydrogen (secondary N) is 1. The van der Waals surface area contributed by atoms with Crippen molar-refractivity contribution in [2.24, 2.45) is 0 Å². The number of fused-ring (bicyclic) bond motifs is 1. The molecule has 1 aliphatic rings. The van der Waals surface area contributed by atoms with Crippen LogP contribution in [0.3, 0.4) is 0 Å². The van der Waals surface area contributed by atoms with Gasteiger partial charge in [0, 0.05) is 30.3 Å². The number of hydrogen-bond acceptors (Lipinski definition) is 4. The van der Waals surface area contributed by atoms with Crippen LogP contribution in [-0.4, -0.2) is 18.3 Å². The average Bonchev–Trinajstić information content (AvgIpc) is 2.73. The second kappa shape index (κ2) is 5.95. The Morgan fingerprint density at radius 2 is 1.90 bits per heavy atom. The van der Waals surface area contributed by atoms with E-state index in [2.05, 4.69) is 5.32 Å². The van der Waals surface area contributed by atoms with Crippen LogP contribution in [0.2, 0.25) is 0 Å². The maximum atomic E-state index is 10.0. The van der Waals surface area contributed by atoms with Crippen LogP contribution in [0.5, 0.6) is 17.2 Å². The lowest BCUT2D eigenvalue weighted by Crippen LogP contribution is -2.01. The van der Waals surface area contributed by atoms with E-state index in [4.69, 9.17) is 9.47 Å². The summed E-state index contributed by atoms with van der Waals surface area (Å²) in [7, 11) is 0. The smallest absolute Gasteiger partial charge is 0.163 e. The molecule has 0 saturated carbocycles. The number of anilines is 1. The molecule has 2 N–H and O–H groups in total. The maximum Gasteiger partial charge on any atom is 0.163 e. The summed E-state index contributed by atoms with van der Waals surface area (Å²) < 4.78 is 11.3. The topological polar surface area (TPSA) is 50.7 Å². The van der Waals surface area contributed by atoms with E-state index in [-0.39, 0.29) is 0 Å². The minimum Gasteiger partial charge on any atom is -0.507 e. The molecule has 0 fully saturated rings. The maximum absolute atomic E-state index is 10.0. The first-order valence-corrected chi connectivity index (χ1v) is 7.15.